The molecule has 0 unspecified atom stereocenters. The van der Waals surface area contributed by atoms with E-state index in [-0.39, 0.29) is 5.60 Å². The van der Waals surface area contributed by atoms with Gasteiger partial charge >= 0.3 is 11.9 Å². The molecule has 0 radical (unpaired) electrons. The Hall–Kier alpha value is -1.14. The van der Waals surface area contributed by atoms with Crippen LogP contribution < -0.4 is 5.73 Å². The molecule has 0 saturated carbocycles. The molecule has 0 atom stereocenters. The highest BCUT2D eigenvalue weighted by Gasteiger charge is 2.11. The van der Waals surface area contributed by atoms with Crippen molar-refractivity contribution >= 4 is 11.9 Å². The predicted octanol–water partition coefficient (Wildman–Crippen LogP) is -0.474. The molecule has 0 aromatic rings. The number of carbonyl (C=O) groups is 2. The van der Waals surface area contributed by atoms with Crippen LogP contribution >= 0.6 is 0 Å². The van der Waals surface area contributed by atoms with Gasteiger partial charge < -0.3 is 20.7 Å². The Morgan fingerprint density at radius 2 is 1.62 bits per heavy atom. The lowest BCUT2D eigenvalue weighted by atomic mass is 10.1. The summed E-state index contributed by atoms with van der Waals surface area (Å²) in [7, 11) is 1.66. The molecule has 0 aromatic heterocycles. The molecule has 78 valence electrons. The molecule has 0 bridgehead atoms. The summed E-state index contributed by atoms with van der Waals surface area (Å²) in [5, 5.41) is 14.8. The van der Waals surface area contributed by atoms with Crippen LogP contribution in [0.1, 0.15) is 13.8 Å². The molecular formula is C7H15NO5. The Labute approximate surface area is 76.3 Å². The van der Waals surface area contributed by atoms with Crippen molar-refractivity contribution in [2.24, 2.45) is 5.73 Å². The Morgan fingerprint density at radius 1 is 1.31 bits per heavy atom. The van der Waals surface area contributed by atoms with Gasteiger partial charge in [-0.1, -0.05) is 0 Å². The van der Waals surface area contributed by atoms with Crippen LogP contribution in [0.4, 0.5) is 0 Å². The van der Waals surface area contributed by atoms with Gasteiger partial charge in [0.25, 0.3) is 0 Å². The molecule has 0 saturated heterocycles. The van der Waals surface area contributed by atoms with Crippen LogP contribution in [0.15, 0.2) is 0 Å². The minimum atomic E-state index is -1.82. The van der Waals surface area contributed by atoms with E-state index in [9.17, 15) is 0 Å². The fourth-order valence-electron chi connectivity index (χ4n) is 0.0833. The standard InChI is InChI=1S/C5H13NO.C2H2O4/c1-5(2,4-6)7-3;3-1(4)2(5)6/h4,6H2,1-3H3;(H,3,4)(H,5,6). The molecule has 4 N–H and O–H groups in total. The number of rotatable bonds is 2. The Balaban J connectivity index is 0. The Kier molecular flexibility index (Phi) is 7.07. The number of methoxy groups -OCH3 is 1. The van der Waals surface area contributed by atoms with Gasteiger partial charge in [0.1, 0.15) is 0 Å². The Bertz CT molecular complexity index is 160. The number of ether oxygens (including phenoxy) is 1. The third-order valence-corrected chi connectivity index (χ3v) is 1.23. The maximum atomic E-state index is 9.10. The summed E-state index contributed by atoms with van der Waals surface area (Å²) in [6.07, 6.45) is 0. The topological polar surface area (TPSA) is 110 Å². The smallest absolute Gasteiger partial charge is 0.414 e. The monoisotopic (exact) mass is 193 g/mol. The van der Waals surface area contributed by atoms with Gasteiger partial charge in [-0.15, -0.1) is 0 Å². The second-order valence-electron chi connectivity index (χ2n) is 2.78. The highest BCUT2D eigenvalue weighted by molar-refractivity contribution is 6.27. The zero-order valence-corrected chi connectivity index (χ0v) is 7.90. The maximum Gasteiger partial charge on any atom is 0.414 e. The van der Waals surface area contributed by atoms with E-state index in [0.29, 0.717) is 6.54 Å². The van der Waals surface area contributed by atoms with Crippen LogP contribution in [0.3, 0.4) is 0 Å². The van der Waals surface area contributed by atoms with Crippen LogP contribution in [0, 0.1) is 0 Å². The lowest BCUT2D eigenvalue weighted by Gasteiger charge is -2.19. The summed E-state index contributed by atoms with van der Waals surface area (Å²) in [5.41, 5.74) is 5.15. The molecule has 13 heavy (non-hydrogen) atoms. The molecule has 0 fully saturated rings. The molecular weight excluding hydrogens is 178 g/mol. The van der Waals surface area contributed by atoms with Gasteiger partial charge in [-0.25, -0.2) is 9.59 Å². The fourth-order valence-corrected chi connectivity index (χ4v) is 0.0833. The van der Waals surface area contributed by atoms with E-state index in [4.69, 9.17) is 30.3 Å². The van der Waals surface area contributed by atoms with Crippen molar-refractivity contribution in [2.75, 3.05) is 13.7 Å². The first kappa shape index (κ1) is 14.4. The van der Waals surface area contributed by atoms with Gasteiger partial charge in [-0.3, -0.25) is 0 Å². The van der Waals surface area contributed by atoms with E-state index >= 15 is 0 Å². The molecule has 0 spiro atoms. The number of hydrogen-bond acceptors (Lipinski definition) is 4. The third kappa shape index (κ3) is 10.9. The summed E-state index contributed by atoms with van der Waals surface area (Å²) >= 11 is 0. The number of carboxylic acids is 2. The van der Waals surface area contributed by atoms with Crippen LogP contribution in [-0.4, -0.2) is 41.4 Å². The normalized spacial score (nSPS) is 9.85. The van der Waals surface area contributed by atoms with E-state index in [1.807, 2.05) is 13.8 Å². The van der Waals surface area contributed by atoms with Gasteiger partial charge in [0, 0.05) is 13.7 Å². The molecule has 0 amide bonds. The van der Waals surface area contributed by atoms with Crippen LogP contribution in [0.2, 0.25) is 0 Å². The highest BCUT2D eigenvalue weighted by Crippen LogP contribution is 2.01. The first-order valence-electron chi connectivity index (χ1n) is 3.48. The van der Waals surface area contributed by atoms with Crippen molar-refractivity contribution in [3.05, 3.63) is 0 Å². The predicted molar refractivity (Wildman–Crippen MR) is 45.4 cm³/mol. The van der Waals surface area contributed by atoms with Crippen LogP contribution in [0.5, 0.6) is 0 Å². The number of hydrogen-bond donors (Lipinski definition) is 3. The summed E-state index contributed by atoms with van der Waals surface area (Å²) in [6, 6.07) is 0. The average Bonchev–Trinajstić information content (AvgIpc) is 2.05. The summed E-state index contributed by atoms with van der Waals surface area (Å²) in [6.45, 7) is 4.48. The first-order valence-corrected chi connectivity index (χ1v) is 3.48. The summed E-state index contributed by atoms with van der Waals surface area (Å²) < 4.78 is 4.96. The molecule has 0 rings (SSSR count). The molecule has 6 nitrogen and oxygen atoms in total. The van der Waals surface area contributed by atoms with E-state index in [0.717, 1.165) is 0 Å². The van der Waals surface area contributed by atoms with E-state index in [1.54, 1.807) is 7.11 Å². The maximum absolute atomic E-state index is 9.10. The quantitative estimate of drug-likeness (QED) is 0.511. The molecule has 0 aliphatic carbocycles. The molecule has 0 aliphatic heterocycles. The third-order valence-electron chi connectivity index (χ3n) is 1.23. The lowest BCUT2D eigenvalue weighted by Crippen LogP contribution is -2.32. The zero-order chi connectivity index (χ0) is 11.1. The number of nitrogens with two attached hydrogens (primary N) is 1. The summed E-state index contributed by atoms with van der Waals surface area (Å²) in [4.78, 5) is 18.2. The van der Waals surface area contributed by atoms with Crippen molar-refractivity contribution in [1.82, 2.24) is 0 Å². The molecule has 0 aromatic carbocycles. The van der Waals surface area contributed by atoms with E-state index in [1.165, 1.54) is 0 Å². The first-order chi connectivity index (χ1) is 5.76. The van der Waals surface area contributed by atoms with Crippen molar-refractivity contribution < 1.29 is 24.5 Å². The fraction of sp³-hybridized carbons (Fsp3) is 0.714. The van der Waals surface area contributed by atoms with Gasteiger partial charge in [-0.2, -0.15) is 0 Å². The molecule has 6 heteroatoms. The summed E-state index contributed by atoms with van der Waals surface area (Å²) in [5.74, 6) is -3.65. The number of carboxylic acid groups (broad SMARTS) is 2. The SMILES string of the molecule is COC(C)(C)CN.O=C(O)C(=O)O. The van der Waals surface area contributed by atoms with Gasteiger partial charge in [0.2, 0.25) is 0 Å². The molecule has 0 heterocycles. The van der Waals surface area contributed by atoms with Crippen LogP contribution in [0.25, 0.3) is 0 Å². The van der Waals surface area contributed by atoms with E-state index < -0.39 is 11.9 Å². The highest BCUT2D eigenvalue weighted by atomic mass is 16.5. The van der Waals surface area contributed by atoms with Crippen molar-refractivity contribution in [3.63, 3.8) is 0 Å². The van der Waals surface area contributed by atoms with E-state index in [2.05, 4.69) is 0 Å². The minimum absolute atomic E-state index is 0.139. The van der Waals surface area contributed by atoms with Gasteiger partial charge in [0.05, 0.1) is 5.60 Å². The van der Waals surface area contributed by atoms with Crippen molar-refractivity contribution in [3.8, 4) is 0 Å². The second kappa shape index (κ2) is 6.38. The van der Waals surface area contributed by atoms with Crippen LogP contribution in [-0.2, 0) is 14.3 Å². The van der Waals surface area contributed by atoms with Crippen molar-refractivity contribution in [2.45, 2.75) is 19.4 Å². The number of aliphatic carboxylic acids is 2. The second-order valence-corrected chi connectivity index (χ2v) is 2.78. The van der Waals surface area contributed by atoms with Crippen molar-refractivity contribution in [1.29, 1.82) is 0 Å². The largest absolute Gasteiger partial charge is 0.473 e. The van der Waals surface area contributed by atoms with Gasteiger partial charge in [-0.05, 0) is 13.8 Å². The average molecular weight is 193 g/mol. The zero-order valence-electron chi connectivity index (χ0n) is 7.90. The minimum Gasteiger partial charge on any atom is -0.473 e. The van der Waals surface area contributed by atoms with Gasteiger partial charge in [0.15, 0.2) is 0 Å². The lowest BCUT2D eigenvalue weighted by molar-refractivity contribution is -0.159. The Morgan fingerprint density at radius 3 is 1.62 bits per heavy atom. The molecule has 0 aliphatic rings.